The van der Waals surface area contributed by atoms with Crippen molar-refractivity contribution in [1.29, 1.82) is 0 Å². The van der Waals surface area contributed by atoms with Crippen LogP contribution in [0.2, 0.25) is 0 Å². The SMILES string of the molecule is CCOC(=O)[C@H](C)OC(=O)C1=C(C(=O)O[C@@H](C)C(=O)OCC)C1(C)C. The standard InChI is InChI=1S/C17H24O8/c1-7-22-13(18)9(3)24-15(20)11-12(17(11,5)6)16(21)25-10(4)14(19)23-8-2/h9-10H,7-8H2,1-6H3/t9-,10-/m0/s1. The molecule has 1 aliphatic rings. The van der Waals surface area contributed by atoms with Crippen molar-refractivity contribution in [3.05, 3.63) is 11.1 Å². The maximum absolute atomic E-state index is 12.2. The average Bonchev–Trinajstić information content (AvgIpc) is 3.10. The molecule has 0 aliphatic heterocycles. The molecule has 0 amide bonds. The molecule has 0 saturated heterocycles. The number of hydrogen-bond acceptors (Lipinski definition) is 8. The van der Waals surface area contributed by atoms with Crippen molar-refractivity contribution < 1.29 is 38.1 Å². The number of carbonyl (C=O) groups is 4. The third-order valence-electron chi connectivity index (χ3n) is 3.65. The first-order valence-electron chi connectivity index (χ1n) is 8.08. The Kier molecular flexibility index (Phi) is 6.72. The third kappa shape index (κ3) is 4.80. The van der Waals surface area contributed by atoms with Crippen LogP contribution < -0.4 is 0 Å². The van der Waals surface area contributed by atoms with Crippen LogP contribution in [0.3, 0.4) is 0 Å². The molecule has 8 heteroatoms. The van der Waals surface area contributed by atoms with Gasteiger partial charge in [-0.2, -0.15) is 0 Å². The quantitative estimate of drug-likeness (QED) is 0.473. The van der Waals surface area contributed by atoms with Crippen LogP contribution in [0.1, 0.15) is 41.5 Å². The van der Waals surface area contributed by atoms with Gasteiger partial charge in [-0.05, 0) is 27.7 Å². The van der Waals surface area contributed by atoms with Crippen LogP contribution in [0, 0.1) is 5.41 Å². The Balaban J connectivity index is 2.76. The fourth-order valence-corrected chi connectivity index (χ4v) is 2.24. The Morgan fingerprint density at radius 3 is 1.40 bits per heavy atom. The van der Waals surface area contributed by atoms with Crippen LogP contribution in [0.5, 0.6) is 0 Å². The van der Waals surface area contributed by atoms with Gasteiger partial charge in [0, 0.05) is 5.41 Å². The van der Waals surface area contributed by atoms with E-state index in [2.05, 4.69) is 0 Å². The van der Waals surface area contributed by atoms with E-state index in [4.69, 9.17) is 18.9 Å². The molecule has 0 heterocycles. The highest BCUT2D eigenvalue weighted by Gasteiger charge is 2.55. The number of hydrogen-bond donors (Lipinski definition) is 0. The average molecular weight is 356 g/mol. The summed E-state index contributed by atoms with van der Waals surface area (Å²) in [5.74, 6) is -2.92. The van der Waals surface area contributed by atoms with Gasteiger partial charge in [0.2, 0.25) is 0 Å². The minimum absolute atomic E-state index is 0.115. The summed E-state index contributed by atoms with van der Waals surface area (Å²) in [7, 11) is 0. The number of carbonyl (C=O) groups excluding carboxylic acids is 4. The van der Waals surface area contributed by atoms with E-state index in [1.165, 1.54) is 13.8 Å². The Morgan fingerprint density at radius 1 is 0.800 bits per heavy atom. The summed E-state index contributed by atoms with van der Waals surface area (Å²) in [5, 5.41) is 0. The van der Waals surface area contributed by atoms with Crippen LogP contribution in [-0.2, 0) is 38.1 Å². The van der Waals surface area contributed by atoms with E-state index in [0.717, 1.165) is 0 Å². The number of esters is 4. The lowest BCUT2D eigenvalue weighted by molar-refractivity contribution is -0.164. The highest BCUT2D eigenvalue weighted by atomic mass is 16.6. The predicted molar refractivity (Wildman–Crippen MR) is 85.2 cm³/mol. The summed E-state index contributed by atoms with van der Waals surface area (Å²) in [4.78, 5) is 47.4. The van der Waals surface area contributed by atoms with Crippen LogP contribution in [-0.4, -0.2) is 49.3 Å². The van der Waals surface area contributed by atoms with Crippen LogP contribution in [0.15, 0.2) is 11.1 Å². The van der Waals surface area contributed by atoms with Gasteiger partial charge in [0.1, 0.15) is 0 Å². The van der Waals surface area contributed by atoms with Gasteiger partial charge >= 0.3 is 23.9 Å². The molecule has 25 heavy (non-hydrogen) atoms. The Labute approximate surface area is 146 Å². The molecular formula is C17H24O8. The van der Waals surface area contributed by atoms with Gasteiger partial charge in [-0.1, -0.05) is 13.8 Å². The summed E-state index contributed by atoms with van der Waals surface area (Å²) in [6, 6.07) is 0. The zero-order valence-electron chi connectivity index (χ0n) is 15.3. The van der Waals surface area contributed by atoms with E-state index in [-0.39, 0.29) is 24.4 Å². The highest BCUT2D eigenvalue weighted by Crippen LogP contribution is 2.53. The van der Waals surface area contributed by atoms with Crippen molar-refractivity contribution >= 4 is 23.9 Å². The van der Waals surface area contributed by atoms with Crippen molar-refractivity contribution in [1.82, 2.24) is 0 Å². The summed E-state index contributed by atoms with van der Waals surface area (Å²) in [6.07, 6.45) is -2.18. The minimum atomic E-state index is -1.09. The lowest BCUT2D eigenvalue weighted by Crippen LogP contribution is -2.26. The largest absolute Gasteiger partial charge is 0.463 e. The van der Waals surface area contributed by atoms with Crippen molar-refractivity contribution in [2.24, 2.45) is 5.41 Å². The summed E-state index contributed by atoms with van der Waals surface area (Å²) < 4.78 is 19.6. The maximum Gasteiger partial charge on any atom is 0.347 e. The first-order valence-corrected chi connectivity index (χ1v) is 8.08. The van der Waals surface area contributed by atoms with Gasteiger partial charge in [-0.3, -0.25) is 0 Å². The van der Waals surface area contributed by atoms with Crippen LogP contribution in [0.4, 0.5) is 0 Å². The topological polar surface area (TPSA) is 105 Å². The fourth-order valence-electron chi connectivity index (χ4n) is 2.24. The lowest BCUT2D eigenvalue weighted by Gasteiger charge is -2.12. The van der Waals surface area contributed by atoms with Gasteiger partial charge < -0.3 is 18.9 Å². The van der Waals surface area contributed by atoms with Crippen molar-refractivity contribution in [3.63, 3.8) is 0 Å². The highest BCUT2D eigenvalue weighted by molar-refractivity contribution is 6.12. The fraction of sp³-hybridized carbons (Fsp3) is 0.647. The molecule has 0 aromatic rings. The zero-order chi connectivity index (χ0) is 19.4. The Hall–Kier alpha value is -2.38. The van der Waals surface area contributed by atoms with E-state index in [0.29, 0.717) is 0 Å². The molecule has 0 aromatic carbocycles. The zero-order valence-corrected chi connectivity index (χ0v) is 15.3. The van der Waals surface area contributed by atoms with Crippen molar-refractivity contribution in [3.8, 4) is 0 Å². The second-order valence-corrected chi connectivity index (χ2v) is 5.97. The van der Waals surface area contributed by atoms with Crippen molar-refractivity contribution in [2.75, 3.05) is 13.2 Å². The monoisotopic (exact) mass is 356 g/mol. The third-order valence-corrected chi connectivity index (χ3v) is 3.65. The molecule has 0 saturated carbocycles. The van der Waals surface area contributed by atoms with Gasteiger partial charge in [0.05, 0.1) is 24.4 Å². The minimum Gasteiger partial charge on any atom is -0.463 e. The van der Waals surface area contributed by atoms with E-state index >= 15 is 0 Å². The molecule has 140 valence electrons. The van der Waals surface area contributed by atoms with Gasteiger partial charge in [-0.25, -0.2) is 19.2 Å². The van der Waals surface area contributed by atoms with Gasteiger partial charge in [0.25, 0.3) is 0 Å². The molecular weight excluding hydrogens is 332 g/mol. The molecule has 1 aliphatic carbocycles. The first kappa shape index (κ1) is 20.7. The molecule has 1 rings (SSSR count). The predicted octanol–water partition coefficient (Wildman–Crippen LogP) is 1.31. The van der Waals surface area contributed by atoms with Crippen LogP contribution >= 0.6 is 0 Å². The van der Waals surface area contributed by atoms with E-state index < -0.39 is 41.5 Å². The molecule has 0 bridgehead atoms. The summed E-state index contributed by atoms with van der Waals surface area (Å²) in [5.41, 5.74) is -0.619. The second-order valence-electron chi connectivity index (χ2n) is 5.97. The lowest BCUT2D eigenvalue weighted by atomic mass is 10.0. The molecule has 2 atom stereocenters. The molecule has 0 unspecified atom stereocenters. The number of ether oxygens (including phenoxy) is 4. The molecule has 0 N–H and O–H groups in total. The van der Waals surface area contributed by atoms with E-state index in [1.54, 1.807) is 27.7 Å². The molecule has 8 nitrogen and oxygen atoms in total. The maximum atomic E-state index is 12.2. The van der Waals surface area contributed by atoms with E-state index in [9.17, 15) is 19.2 Å². The Morgan fingerprint density at radius 2 is 1.12 bits per heavy atom. The summed E-state index contributed by atoms with van der Waals surface area (Å²) in [6.45, 7) is 9.65. The number of rotatable bonds is 8. The van der Waals surface area contributed by atoms with Gasteiger partial charge in [-0.15, -0.1) is 0 Å². The molecule has 0 aromatic heterocycles. The first-order chi connectivity index (χ1) is 11.6. The normalized spacial score (nSPS) is 17.2. The molecule has 0 spiro atoms. The molecule has 0 radical (unpaired) electrons. The summed E-state index contributed by atoms with van der Waals surface area (Å²) >= 11 is 0. The van der Waals surface area contributed by atoms with Crippen LogP contribution in [0.25, 0.3) is 0 Å². The second kappa shape index (κ2) is 8.13. The van der Waals surface area contributed by atoms with Crippen molar-refractivity contribution in [2.45, 2.75) is 53.8 Å². The smallest absolute Gasteiger partial charge is 0.347 e. The Bertz CT molecular complexity index is 552. The molecule has 0 fully saturated rings. The van der Waals surface area contributed by atoms with Gasteiger partial charge in [0.15, 0.2) is 12.2 Å². The van der Waals surface area contributed by atoms with E-state index in [1.807, 2.05) is 0 Å².